The summed E-state index contributed by atoms with van der Waals surface area (Å²) in [6.45, 7) is 6.13. The van der Waals surface area contributed by atoms with Crippen LogP contribution in [-0.2, 0) is 4.74 Å². The van der Waals surface area contributed by atoms with Crippen LogP contribution >= 0.6 is 11.6 Å². The standard InChI is InChI=1S/C10H22ClNO/c1-9(11)8-10(2)12-6-4-5-7-13-3/h9-10,12H,4-8H2,1-3H3. The first kappa shape index (κ1) is 13.2. The third kappa shape index (κ3) is 10.1. The minimum absolute atomic E-state index is 0.265. The Balaban J connectivity index is 3.12. The molecule has 0 aliphatic rings. The van der Waals surface area contributed by atoms with Gasteiger partial charge < -0.3 is 10.1 Å². The Morgan fingerprint density at radius 3 is 2.54 bits per heavy atom. The Morgan fingerprint density at radius 1 is 1.31 bits per heavy atom. The summed E-state index contributed by atoms with van der Waals surface area (Å²) in [5.41, 5.74) is 0. The van der Waals surface area contributed by atoms with E-state index in [2.05, 4.69) is 12.2 Å². The van der Waals surface area contributed by atoms with E-state index in [9.17, 15) is 0 Å². The zero-order chi connectivity index (χ0) is 10.1. The molecule has 0 heterocycles. The van der Waals surface area contributed by atoms with E-state index < -0.39 is 0 Å². The van der Waals surface area contributed by atoms with Crippen LogP contribution in [0.2, 0.25) is 0 Å². The molecule has 0 aromatic heterocycles. The molecule has 0 aliphatic heterocycles. The van der Waals surface area contributed by atoms with Gasteiger partial charge in [-0.1, -0.05) is 0 Å². The quantitative estimate of drug-likeness (QED) is 0.488. The number of hydrogen-bond donors (Lipinski definition) is 1. The molecule has 0 radical (unpaired) electrons. The Morgan fingerprint density at radius 2 is 2.00 bits per heavy atom. The summed E-state index contributed by atoms with van der Waals surface area (Å²) in [6.07, 6.45) is 3.34. The van der Waals surface area contributed by atoms with Crippen molar-refractivity contribution >= 4 is 11.6 Å². The maximum Gasteiger partial charge on any atom is 0.0462 e. The Kier molecular flexibility index (Phi) is 8.93. The molecule has 0 spiro atoms. The zero-order valence-corrected chi connectivity index (χ0v) is 9.73. The van der Waals surface area contributed by atoms with Crippen LogP contribution in [0.5, 0.6) is 0 Å². The van der Waals surface area contributed by atoms with Gasteiger partial charge >= 0.3 is 0 Å². The molecule has 0 saturated carbocycles. The molecule has 0 amide bonds. The van der Waals surface area contributed by atoms with Crippen LogP contribution in [-0.4, -0.2) is 31.7 Å². The number of unbranched alkanes of at least 4 members (excludes halogenated alkanes) is 1. The van der Waals surface area contributed by atoms with Gasteiger partial charge in [0, 0.05) is 25.1 Å². The van der Waals surface area contributed by atoms with E-state index in [1.54, 1.807) is 7.11 Å². The Bertz CT molecular complexity index is 109. The summed E-state index contributed by atoms with van der Waals surface area (Å²) in [7, 11) is 1.74. The molecule has 2 atom stereocenters. The minimum atomic E-state index is 0.265. The molecule has 13 heavy (non-hydrogen) atoms. The third-order valence-corrected chi connectivity index (χ3v) is 2.12. The number of rotatable bonds is 8. The van der Waals surface area contributed by atoms with Gasteiger partial charge in [-0.2, -0.15) is 0 Å². The fourth-order valence-electron chi connectivity index (χ4n) is 1.29. The van der Waals surface area contributed by atoms with Gasteiger partial charge in [-0.25, -0.2) is 0 Å². The minimum Gasteiger partial charge on any atom is -0.385 e. The van der Waals surface area contributed by atoms with Gasteiger partial charge in [-0.05, 0) is 39.7 Å². The van der Waals surface area contributed by atoms with Crippen LogP contribution in [0.25, 0.3) is 0 Å². The molecule has 2 nitrogen and oxygen atoms in total. The molecule has 0 saturated heterocycles. The highest BCUT2D eigenvalue weighted by Crippen LogP contribution is 2.03. The van der Waals surface area contributed by atoms with Crippen molar-refractivity contribution in [1.82, 2.24) is 5.32 Å². The predicted octanol–water partition coefficient (Wildman–Crippen LogP) is 2.41. The van der Waals surface area contributed by atoms with Gasteiger partial charge in [0.15, 0.2) is 0 Å². The van der Waals surface area contributed by atoms with E-state index in [1.165, 1.54) is 6.42 Å². The highest BCUT2D eigenvalue weighted by molar-refractivity contribution is 6.20. The highest BCUT2D eigenvalue weighted by atomic mass is 35.5. The molecular weight excluding hydrogens is 186 g/mol. The lowest BCUT2D eigenvalue weighted by Gasteiger charge is -2.14. The fraction of sp³-hybridized carbons (Fsp3) is 1.00. The second-order valence-corrected chi connectivity index (χ2v) is 4.32. The summed E-state index contributed by atoms with van der Waals surface area (Å²) >= 11 is 5.88. The number of ether oxygens (including phenoxy) is 1. The smallest absolute Gasteiger partial charge is 0.0462 e. The summed E-state index contributed by atoms with van der Waals surface area (Å²) in [5, 5.41) is 3.70. The predicted molar refractivity (Wildman–Crippen MR) is 58.5 cm³/mol. The largest absolute Gasteiger partial charge is 0.385 e. The lowest BCUT2D eigenvalue weighted by Crippen LogP contribution is -2.29. The lowest BCUT2D eigenvalue weighted by atomic mass is 10.2. The van der Waals surface area contributed by atoms with E-state index in [4.69, 9.17) is 16.3 Å². The second kappa shape index (κ2) is 8.79. The van der Waals surface area contributed by atoms with Crippen LogP contribution in [0.4, 0.5) is 0 Å². The number of nitrogens with one attached hydrogen (secondary N) is 1. The molecule has 0 aromatic carbocycles. The first-order valence-electron chi connectivity index (χ1n) is 5.03. The molecule has 1 N–H and O–H groups in total. The topological polar surface area (TPSA) is 21.3 Å². The van der Waals surface area contributed by atoms with Gasteiger partial charge in [0.25, 0.3) is 0 Å². The number of methoxy groups -OCH3 is 1. The zero-order valence-electron chi connectivity index (χ0n) is 8.98. The van der Waals surface area contributed by atoms with Crippen LogP contribution in [0.3, 0.4) is 0 Å². The van der Waals surface area contributed by atoms with Crippen molar-refractivity contribution in [1.29, 1.82) is 0 Å². The molecule has 3 heteroatoms. The summed E-state index contributed by atoms with van der Waals surface area (Å²) in [5.74, 6) is 0. The molecule has 0 bridgehead atoms. The normalized spacial score (nSPS) is 15.7. The van der Waals surface area contributed by atoms with Gasteiger partial charge in [0.1, 0.15) is 0 Å². The maximum absolute atomic E-state index is 5.88. The average molecular weight is 208 g/mol. The van der Waals surface area contributed by atoms with E-state index in [0.29, 0.717) is 6.04 Å². The lowest BCUT2D eigenvalue weighted by molar-refractivity contribution is 0.192. The second-order valence-electron chi connectivity index (χ2n) is 3.57. The van der Waals surface area contributed by atoms with E-state index in [0.717, 1.165) is 26.0 Å². The van der Waals surface area contributed by atoms with Crippen molar-refractivity contribution in [3.8, 4) is 0 Å². The van der Waals surface area contributed by atoms with Crippen molar-refractivity contribution in [2.24, 2.45) is 0 Å². The first-order chi connectivity index (χ1) is 6.16. The van der Waals surface area contributed by atoms with Gasteiger partial charge in [0.05, 0.1) is 0 Å². The molecule has 0 rings (SSSR count). The fourth-order valence-corrected chi connectivity index (χ4v) is 1.56. The van der Waals surface area contributed by atoms with Crippen LogP contribution < -0.4 is 5.32 Å². The SMILES string of the molecule is COCCCCNC(C)CC(C)Cl. The number of alkyl halides is 1. The molecule has 0 aromatic rings. The average Bonchev–Trinajstić information content (AvgIpc) is 2.02. The monoisotopic (exact) mass is 207 g/mol. The first-order valence-corrected chi connectivity index (χ1v) is 5.47. The summed E-state index contributed by atoms with van der Waals surface area (Å²) < 4.78 is 4.96. The van der Waals surface area contributed by atoms with E-state index in [1.807, 2.05) is 6.92 Å². The van der Waals surface area contributed by atoms with E-state index >= 15 is 0 Å². The summed E-state index contributed by atoms with van der Waals surface area (Å²) in [4.78, 5) is 0. The molecule has 0 fully saturated rings. The number of halogens is 1. The van der Waals surface area contributed by atoms with Crippen molar-refractivity contribution < 1.29 is 4.74 Å². The van der Waals surface area contributed by atoms with E-state index in [-0.39, 0.29) is 5.38 Å². The van der Waals surface area contributed by atoms with Crippen molar-refractivity contribution in [2.75, 3.05) is 20.3 Å². The molecule has 2 unspecified atom stereocenters. The maximum atomic E-state index is 5.88. The number of hydrogen-bond acceptors (Lipinski definition) is 2. The van der Waals surface area contributed by atoms with Crippen molar-refractivity contribution in [3.05, 3.63) is 0 Å². The third-order valence-electron chi connectivity index (χ3n) is 1.95. The van der Waals surface area contributed by atoms with Gasteiger partial charge in [-0.15, -0.1) is 11.6 Å². The summed E-state index contributed by atoms with van der Waals surface area (Å²) in [6, 6.07) is 0.523. The highest BCUT2D eigenvalue weighted by Gasteiger charge is 2.04. The van der Waals surface area contributed by atoms with Crippen LogP contribution in [0.1, 0.15) is 33.1 Å². The van der Waals surface area contributed by atoms with Crippen LogP contribution in [0.15, 0.2) is 0 Å². The van der Waals surface area contributed by atoms with Gasteiger partial charge in [0.2, 0.25) is 0 Å². The Hall–Kier alpha value is 0.210. The molecular formula is C10H22ClNO. The molecule has 0 aliphatic carbocycles. The Labute approximate surface area is 87.0 Å². The van der Waals surface area contributed by atoms with Crippen LogP contribution in [0, 0.1) is 0 Å². The van der Waals surface area contributed by atoms with Gasteiger partial charge in [-0.3, -0.25) is 0 Å². The molecule has 80 valence electrons. The van der Waals surface area contributed by atoms with Crippen molar-refractivity contribution in [2.45, 2.75) is 44.5 Å². The van der Waals surface area contributed by atoms with Crippen molar-refractivity contribution in [3.63, 3.8) is 0 Å².